The highest BCUT2D eigenvalue weighted by atomic mass is 32.2. The number of halogens is 1. The van der Waals surface area contributed by atoms with Crippen molar-refractivity contribution in [1.29, 1.82) is 0 Å². The molecule has 1 aromatic rings. The maximum absolute atomic E-state index is 13.1. The van der Waals surface area contributed by atoms with Crippen molar-refractivity contribution in [3.05, 3.63) is 24.0 Å². The van der Waals surface area contributed by atoms with Gasteiger partial charge in [-0.2, -0.15) is 4.31 Å². The molecule has 2 fully saturated rings. The van der Waals surface area contributed by atoms with Crippen molar-refractivity contribution < 1.29 is 12.8 Å². The number of anilines is 1. The van der Waals surface area contributed by atoms with Crippen LogP contribution in [0, 0.1) is 5.82 Å². The third-order valence-corrected chi connectivity index (χ3v) is 6.33. The summed E-state index contributed by atoms with van der Waals surface area (Å²) in [5.74, 6) is -0.524. The van der Waals surface area contributed by atoms with E-state index in [0.717, 1.165) is 38.1 Å². The van der Waals surface area contributed by atoms with Crippen LogP contribution >= 0.6 is 0 Å². The van der Waals surface area contributed by atoms with Crippen molar-refractivity contribution in [3.8, 4) is 0 Å². The van der Waals surface area contributed by atoms with E-state index in [-0.39, 0.29) is 10.6 Å². The Kier molecular flexibility index (Phi) is 3.90. The number of nitrogens with two attached hydrogens (primary N) is 1. The maximum Gasteiger partial charge on any atom is 0.245 e. The van der Waals surface area contributed by atoms with Crippen LogP contribution in [0.25, 0.3) is 0 Å². The first-order valence-electron chi connectivity index (χ1n) is 7.28. The van der Waals surface area contributed by atoms with Gasteiger partial charge in [-0.15, -0.1) is 0 Å². The van der Waals surface area contributed by atoms with Crippen LogP contribution in [-0.4, -0.2) is 49.8 Å². The number of nitrogen functional groups attached to an aromatic ring is 1. The smallest absolute Gasteiger partial charge is 0.245 e. The molecule has 1 unspecified atom stereocenters. The molecule has 5 nitrogen and oxygen atoms in total. The first-order chi connectivity index (χ1) is 9.98. The van der Waals surface area contributed by atoms with Gasteiger partial charge < -0.3 is 5.73 Å². The van der Waals surface area contributed by atoms with Gasteiger partial charge in [0.2, 0.25) is 10.0 Å². The van der Waals surface area contributed by atoms with Crippen LogP contribution in [-0.2, 0) is 10.0 Å². The monoisotopic (exact) mass is 313 g/mol. The van der Waals surface area contributed by atoms with Crippen molar-refractivity contribution >= 4 is 15.7 Å². The second-order valence-electron chi connectivity index (χ2n) is 5.73. The SMILES string of the molecule is Nc1cc(F)ccc1S(=O)(=O)N1CCN2CCCCC2C1. The Balaban J connectivity index is 1.85. The minimum Gasteiger partial charge on any atom is -0.398 e. The largest absolute Gasteiger partial charge is 0.398 e. The second-order valence-corrected chi connectivity index (χ2v) is 7.64. The molecule has 0 bridgehead atoms. The fraction of sp³-hybridized carbons (Fsp3) is 0.571. The predicted molar refractivity (Wildman–Crippen MR) is 78.8 cm³/mol. The lowest BCUT2D eigenvalue weighted by Gasteiger charge is -2.43. The third kappa shape index (κ3) is 2.77. The Labute approximate surface area is 124 Å². The maximum atomic E-state index is 13.1. The van der Waals surface area contributed by atoms with Crippen LogP contribution in [0.15, 0.2) is 23.1 Å². The van der Waals surface area contributed by atoms with Gasteiger partial charge in [-0.25, -0.2) is 12.8 Å². The molecule has 2 N–H and O–H groups in total. The summed E-state index contributed by atoms with van der Waals surface area (Å²) in [4.78, 5) is 2.37. The lowest BCUT2D eigenvalue weighted by Crippen LogP contribution is -2.56. The molecule has 0 radical (unpaired) electrons. The van der Waals surface area contributed by atoms with Crippen molar-refractivity contribution in [2.24, 2.45) is 0 Å². The van der Waals surface area contributed by atoms with Crippen molar-refractivity contribution in [1.82, 2.24) is 9.21 Å². The van der Waals surface area contributed by atoms with Gasteiger partial charge >= 0.3 is 0 Å². The first-order valence-corrected chi connectivity index (χ1v) is 8.72. The van der Waals surface area contributed by atoms with Gasteiger partial charge in [0.1, 0.15) is 10.7 Å². The zero-order chi connectivity index (χ0) is 15.0. The Hall–Kier alpha value is -1.18. The van der Waals surface area contributed by atoms with Gasteiger partial charge in [0.15, 0.2) is 0 Å². The molecule has 1 aromatic carbocycles. The van der Waals surface area contributed by atoms with Crippen LogP contribution in [0.2, 0.25) is 0 Å². The molecular formula is C14H20FN3O2S. The predicted octanol–water partition coefficient (Wildman–Crippen LogP) is 1.27. The van der Waals surface area contributed by atoms with E-state index < -0.39 is 15.8 Å². The standard InChI is InChI=1S/C14H20FN3O2S/c15-11-4-5-14(13(16)9-11)21(19,20)18-8-7-17-6-2-1-3-12(17)10-18/h4-5,9,12H,1-3,6-8,10,16H2. The number of hydrogen-bond acceptors (Lipinski definition) is 4. The van der Waals surface area contributed by atoms with E-state index in [2.05, 4.69) is 4.90 Å². The fourth-order valence-electron chi connectivity index (χ4n) is 3.24. The van der Waals surface area contributed by atoms with Gasteiger partial charge in [0.05, 0.1) is 5.69 Å². The summed E-state index contributed by atoms with van der Waals surface area (Å²) in [5, 5.41) is 0. The third-order valence-electron chi connectivity index (χ3n) is 4.39. The zero-order valence-corrected chi connectivity index (χ0v) is 12.7. The van der Waals surface area contributed by atoms with E-state index in [1.807, 2.05) is 0 Å². The molecule has 2 aliphatic rings. The number of hydrogen-bond donors (Lipinski definition) is 1. The average Bonchev–Trinajstić information content (AvgIpc) is 2.46. The minimum absolute atomic E-state index is 0.00756. The molecular weight excluding hydrogens is 293 g/mol. The molecule has 1 atom stereocenters. The van der Waals surface area contributed by atoms with E-state index in [4.69, 9.17) is 5.73 Å². The number of benzene rings is 1. The number of sulfonamides is 1. The Morgan fingerprint density at radius 2 is 2.00 bits per heavy atom. The van der Waals surface area contributed by atoms with Crippen molar-refractivity contribution in [2.45, 2.75) is 30.2 Å². The highest BCUT2D eigenvalue weighted by molar-refractivity contribution is 7.89. The molecule has 0 amide bonds. The van der Waals surface area contributed by atoms with Crippen LogP contribution in [0.1, 0.15) is 19.3 Å². The summed E-state index contributed by atoms with van der Waals surface area (Å²) in [5.41, 5.74) is 5.66. The van der Waals surface area contributed by atoms with Gasteiger partial charge in [0, 0.05) is 25.7 Å². The molecule has 0 aliphatic carbocycles. The van der Waals surface area contributed by atoms with Gasteiger partial charge in [0.25, 0.3) is 0 Å². The van der Waals surface area contributed by atoms with E-state index in [1.54, 1.807) is 0 Å². The Morgan fingerprint density at radius 3 is 2.76 bits per heavy atom. The van der Waals surface area contributed by atoms with Crippen LogP contribution in [0.3, 0.4) is 0 Å². The van der Waals surface area contributed by atoms with E-state index in [1.165, 1.54) is 16.8 Å². The summed E-state index contributed by atoms with van der Waals surface area (Å²) < 4.78 is 40.0. The number of piperazine rings is 1. The summed E-state index contributed by atoms with van der Waals surface area (Å²) in [7, 11) is -3.65. The topological polar surface area (TPSA) is 66.6 Å². The molecule has 0 spiro atoms. The normalized spacial score (nSPS) is 24.7. The van der Waals surface area contributed by atoms with E-state index in [9.17, 15) is 12.8 Å². The van der Waals surface area contributed by atoms with Gasteiger partial charge in [-0.3, -0.25) is 4.90 Å². The van der Waals surface area contributed by atoms with E-state index in [0.29, 0.717) is 19.1 Å². The molecule has 2 heterocycles. The number of rotatable bonds is 2. The Bertz CT molecular complexity index is 635. The minimum atomic E-state index is -3.65. The molecule has 7 heteroatoms. The molecule has 2 aliphatic heterocycles. The number of nitrogens with zero attached hydrogens (tertiary/aromatic N) is 2. The lowest BCUT2D eigenvalue weighted by atomic mass is 10.0. The summed E-state index contributed by atoms with van der Waals surface area (Å²) in [6, 6.07) is 3.75. The number of piperidine rings is 1. The summed E-state index contributed by atoms with van der Waals surface area (Å²) in [6.07, 6.45) is 3.37. The van der Waals surface area contributed by atoms with Crippen LogP contribution in [0.4, 0.5) is 10.1 Å². The zero-order valence-electron chi connectivity index (χ0n) is 11.8. The quantitative estimate of drug-likeness (QED) is 0.835. The highest BCUT2D eigenvalue weighted by Gasteiger charge is 2.35. The molecule has 2 saturated heterocycles. The second kappa shape index (κ2) is 5.55. The average molecular weight is 313 g/mol. The summed E-state index contributed by atoms with van der Waals surface area (Å²) in [6.45, 7) is 2.77. The molecule has 116 valence electrons. The van der Waals surface area contributed by atoms with Gasteiger partial charge in [-0.1, -0.05) is 6.42 Å². The van der Waals surface area contributed by atoms with Crippen LogP contribution < -0.4 is 5.73 Å². The van der Waals surface area contributed by atoms with Crippen molar-refractivity contribution in [2.75, 3.05) is 31.9 Å². The molecule has 0 saturated carbocycles. The number of fused-ring (bicyclic) bond motifs is 1. The highest BCUT2D eigenvalue weighted by Crippen LogP contribution is 2.28. The first kappa shape index (κ1) is 14.7. The van der Waals surface area contributed by atoms with Crippen LogP contribution in [0.5, 0.6) is 0 Å². The fourth-order valence-corrected chi connectivity index (χ4v) is 4.80. The molecule has 3 rings (SSSR count). The van der Waals surface area contributed by atoms with Gasteiger partial charge in [-0.05, 0) is 37.6 Å². The van der Waals surface area contributed by atoms with Crippen molar-refractivity contribution in [3.63, 3.8) is 0 Å². The van der Waals surface area contributed by atoms with E-state index >= 15 is 0 Å². The summed E-state index contributed by atoms with van der Waals surface area (Å²) >= 11 is 0. The molecule has 21 heavy (non-hydrogen) atoms. The molecule has 0 aromatic heterocycles. The lowest BCUT2D eigenvalue weighted by molar-refractivity contribution is 0.0852. The Morgan fingerprint density at radius 1 is 1.19 bits per heavy atom.